The van der Waals surface area contributed by atoms with Gasteiger partial charge in [0.2, 0.25) is 11.8 Å². The van der Waals surface area contributed by atoms with Gasteiger partial charge in [-0.25, -0.2) is 9.59 Å². The van der Waals surface area contributed by atoms with Gasteiger partial charge in [0, 0.05) is 6.42 Å². The molecule has 9 heteroatoms. The summed E-state index contributed by atoms with van der Waals surface area (Å²) in [4.78, 5) is 48.4. The van der Waals surface area contributed by atoms with Gasteiger partial charge < -0.3 is 25.8 Å². The van der Waals surface area contributed by atoms with Gasteiger partial charge >= 0.3 is 12.1 Å². The lowest BCUT2D eigenvalue weighted by Crippen LogP contribution is -2.53. The van der Waals surface area contributed by atoms with Crippen LogP contribution in [0.4, 0.5) is 4.79 Å². The van der Waals surface area contributed by atoms with Crippen molar-refractivity contribution in [2.24, 2.45) is 5.73 Å². The first-order chi connectivity index (χ1) is 14.9. The van der Waals surface area contributed by atoms with Crippen molar-refractivity contribution in [2.75, 3.05) is 7.11 Å². The van der Waals surface area contributed by atoms with Crippen LogP contribution in [0.25, 0.3) is 0 Å². The molecular formula is C22H25N3O6. The van der Waals surface area contributed by atoms with Gasteiger partial charge in [-0.1, -0.05) is 60.7 Å². The van der Waals surface area contributed by atoms with Crippen LogP contribution in [0, 0.1) is 0 Å². The lowest BCUT2D eigenvalue weighted by atomic mass is 10.1. The van der Waals surface area contributed by atoms with E-state index >= 15 is 0 Å². The lowest BCUT2D eigenvalue weighted by molar-refractivity contribution is -0.145. The predicted molar refractivity (Wildman–Crippen MR) is 111 cm³/mol. The standard InChI is InChI=1S/C22H25N3O6/c1-30-21(28)18(12-15-8-4-2-5-9-15)24-20(27)17(13-19(23)26)25-22(29)31-14-16-10-6-3-7-11-16/h2-11,17-18H,12-14H2,1H3,(H2,23,26)(H,24,27)(H,25,29)/t17-,18+/m1/s1. The van der Waals surface area contributed by atoms with Crippen molar-refractivity contribution >= 4 is 23.9 Å². The summed E-state index contributed by atoms with van der Waals surface area (Å²) in [6.45, 7) is -0.0175. The van der Waals surface area contributed by atoms with Crippen molar-refractivity contribution in [3.63, 3.8) is 0 Å². The summed E-state index contributed by atoms with van der Waals surface area (Å²) in [6, 6.07) is 15.6. The minimum Gasteiger partial charge on any atom is -0.467 e. The van der Waals surface area contributed by atoms with Gasteiger partial charge in [0.15, 0.2) is 0 Å². The molecule has 3 amide bonds. The number of benzene rings is 2. The van der Waals surface area contributed by atoms with Crippen molar-refractivity contribution in [1.82, 2.24) is 10.6 Å². The predicted octanol–water partition coefficient (Wildman–Crippen LogP) is 1.06. The number of carbonyl (C=O) groups excluding carboxylic acids is 4. The summed E-state index contributed by atoms with van der Waals surface area (Å²) in [5.41, 5.74) is 6.75. The maximum atomic E-state index is 12.7. The van der Waals surface area contributed by atoms with Crippen LogP contribution in [0.1, 0.15) is 17.5 Å². The molecule has 0 saturated carbocycles. The highest BCUT2D eigenvalue weighted by molar-refractivity contribution is 5.93. The summed E-state index contributed by atoms with van der Waals surface area (Å²) in [6.07, 6.45) is -1.20. The van der Waals surface area contributed by atoms with Crippen molar-refractivity contribution in [3.8, 4) is 0 Å². The molecule has 0 aliphatic rings. The fourth-order valence-corrected chi connectivity index (χ4v) is 2.78. The zero-order chi connectivity index (χ0) is 22.6. The maximum absolute atomic E-state index is 12.7. The van der Waals surface area contributed by atoms with Crippen LogP contribution in [0.5, 0.6) is 0 Å². The first kappa shape index (κ1) is 23.4. The van der Waals surface area contributed by atoms with E-state index in [1.807, 2.05) is 12.1 Å². The van der Waals surface area contributed by atoms with Gasteiger partial charge in [0.05, 0.1) is 13.5 Å². The molecular weight excluding hydrogens is 402 g/mol. The molecule has 0 saturated heterocycles. The second kappa shape index (κ2) is 12.0. The molecule has 164 valence electrons. The first-order valence-electron chi connectivity index (χ1n) is 9.56. The molecule has 0 aliphatic carbocycles. The first-order valence-corrected chi connectivity index (χ1v) is 9.56. The number of rotatable bonds is 10. The van der Waals surface area contributed by atoms with Gasteiger partial charge in [-0.05, 0) is 11.1 Å². The minimum atomic E-state index is -1.32. The molecule has 0 aliphatic heterocycles. The number of hydrogen-bond donors (Lipinski definition) is 3. The number of primary amides is 1. The molecule has 4 N–H and O–H groups in total. The van der Waals surface area contributed by atoms with E-state index in [4.69, 9.17) is 15.2 Å². The summed E-state index contributed by atoms with van der Waals surface area (Å²) in [5, 5.41) is 4.83. The normalized spacial score (nSPS) is 12.2. The van der Waals surface area contributed by atoms with E-state index in [-0.39, 0.29) is 13.0 Å². The average Bonchev–Trinajstić information content (AvgIpc) is 2.77. The number of esters is 1. The Morgan fingerprint density at radius 3 is 2.00 bits per heavy atom. The number of alkyl carbamates (subject to hydrolysis) is 1. The molecule has 0 fully saturated rings. The Morgan fingerprint density at radius 2 is 1.45 bits per heavy atom. The minimum absolute atomic E-state index is 0.0175. The molecule has 0 unspecified atom stereocenters. The van der Waals surface area contributed by atoms with E-state index in [1.165, 1.54) is 7.11 Å². The monoisotopic (exact) mass is 427 g/mol. The molecule has 9 nitrogen and oxygen atoms in total. The Morgan fingerprint density at radius 1 is 0.871 bits per heavy atom. The van der Waals surface area contributed by atoms with E-state index in [0.29, 0.717) is 0 Å². The highest BCUT2D eigenvalue weighted by Gasteiger charge is 2.29. The molecule has 2 aromatic rings. The summed E-state index contributed by atoms with van der Waals surface area (Å²) >= 11 is 0. The third kappa shape index (κ3) is 8.17. The largest absolute Gasteiger partial charge is 0.467 e. The van der Waals surface area contributed by atoms with E-state index in [1.54, 1.807) is 48.5 Å². The molecule has 2 aromatic carbocycles. The quantitative estimate of drug-likeness (QED) is 0.485. The van der Waals surface area contributed by atoms with Crippen molar-refractivity contribution in [1.29, 1.82) is 0 Å². The second-order valence-corrected chi connectivity index (χ2v) is 6.70. The molecule has 2 atom stereocenters. The Kier molecular flexibility index (Phi) is 9.03. The van der Waals surface area contributed by atoms with Crippen LogP contribution in [-0.2, 0) is 36.9 Å². The van der Waals surface area contributed by atoms with Crippen LogP contribution in [-0.4, -0.2) is 43.1 Å². The highest BCUT2D eigenvalue weighted by Crippen LogP contribution is 2.06. The molecule has 0 aromatic heterocycles. The zero-order valence-electron chi connectivity index (χ0n) is 17.1. The number of nitrogens with one attached hydrogen (secondary N) is 2. The smallest absolute Gasteiger partial charge is 0.408 e. The van der Waals surface area contributed by atoms with Crippen molar-refractivity contribution < 1.29 is 28.7 Å². The van der Waals surface area contributed by atoms with Crippen LogP contribution in [0.15, 0.2) is 60.7 Å². The van der Waals surface area contributed by atoms with E-state index in [0.717, 1.165) is 11.1 Å². The van der Waals surface area contributed by atoms with E-state index in [2.05, 4.69) is 10.6 Å². The molecule has 31 heavy (non-hydrogen) atoms. The van der Waals surface area contributed by atoms with Gasteiger partial charge in [-0.2, -0.15) is 0 Å². The van der Waals surface area contributed by atoms with Gasteiger partial charge in [-0.15, -0.1) is 0 Å². The van der Waals surface area contributed by atoms with Crippen LogP contribution < -0.4 is 16.4 Å². The van der Waals surface area contributed by atoms with E-state index in [9.17, 15) is 19.2 Å². The number of ether oxygens (including phenoxy) is 2. The number of carbonyl (C=O) groups is 4. The molecule has 0 heterocycles. The highest BCUT2D eigenvalue weighted by atomic mass is 16.5. The summed E-state index contributed by atoms with van der Waals surface area (Å²) in [5.74, 6) is -2.23. The molecule has 0 bridgehead atoms. The van der Waals surface area contributed by atoms with Crippen LogP contribution >= 0.6 is 0 Å². The maximum Gasteiger partial charge on any atom is 0.408 e. The van der Waals surface area contributed by atoms with Crippen molar-refractivity contribution in [3.05, 3.63) is 71.8 Å². The summed E-state index contributed by atoms with van der Waals surface area (Å²) in [7, 11) is 1.20. The number of nitrogens with two attached hydrogens (primary N) is 1. The lowest BCUT2D eigenvalue weighted by Gasteiger charge is -2.21. The molecule has 0 radical (unpaired) electrons. The fourth-order valence-electron chi connectivity index (χ4n) is 2.78. The molecule has 0 spiro atoms. The van der Waals surface area contributed by atoms with Gasteiger partial charge in [0.1, 0.15) is 18.7 Å². The third-order valence-corrected chi connectivity index (χ3v) is 4.31. The van der Waals surface area contributed by atoms with E-state index < -0.39 is 42.4 Å². The topological polar surface area (TPSA) is 137 Å². The van der Waals surface area contributed by atoms with Gasteiger partial charge in [-0.3, -0.25) is 9.59 Å². The number of amides is 3. The average molecular weight is 427 g/mol. The Hall–Kier alpha value is -3.88. The molecule has 2 rings (SSSR count). The Balaban J connectivity index is 2.02. The van der Waals surface area contributed by atoms with Crippen LogP contribution in [0.3, 0.4) is 0 Å². The Labute approximate surface area is 179 Å². The Bertz CT molecular complexity index is 889. The SMILES string of the molecule is COC(=O)[C@H](Cc1ccccc1)NC(=O)[C@@H](CC(N)=O)NC(=O)OCc1ccccc1. The number of hydrogen-bond acceptors (Lipinski definition) is 6. The summed E-state index contributed by atoms with van der Waals surface area (Å²) < 4.78 is 9.84. The van der Waals surface area contributed by atoms with Crippen LogP contribution in [0.2, 0.25) is 0 Å². The number of methoxy groups -OCH3 is 1. The zero-order valence-corrected chi connectivity index (χ0v) is 17.1. The second-order valence-electron chi connectivity index (χ2n) is 6.70. The van der Waals surface area contributed by atoms with Gasteiger partial charge in [0.25, 0.3) is 0 Å². The fraction of sp³-hybridized carbons (Fsp3) is 0.273. The third-order valence-electron chi connectivity index (χ3n) is 4.31. The van der Waals surface area contributed by atoms with Crippen molar-refractivity contribution in [2.45, 2.75) is 31.5 Å².